The number of nitro groups is 1. The number of nitrogens with one attached hydrogen (secondary N) is 1. The summed E-state index contributed by atoms with van der Waals surface area (Å²) in [7, 11) is 0. The Kier molecular flexibility index (Phi) is 3.24. The summed E-state index contributed by atoms with van der Waals surface area (Å²) in [6.07, 6.45) is 0. The van der Waals surface area contributed by atoms with Crippen LogP contribution in [0, 0.1) is 10.1 Å². The average Bonchev–Trinajstić information content (AvgIpc) is 2.75. The largest absolute Gasteiger partial charge is 0.508 e. The van der Waals surface area contributed by atoms with Crippen molar-refractivity contribution in [1.82, 2.24) is 0 Å². The highest BCUT2D eigenvalue weighted by molar-refractivity contribution is 7.15. The quantitative estimate of drug-likeness (QED) is 0.646. The molecule has 2 N–H and O–H groups in total. The molecule has 1 heterocycles. The molecule has 1 aromatic carbocycles. The van der Waals surface area contributed by atoms with Crippen LogP contribution in [0.3, 0.4) is 0 Å². The van der Waals surface area contributed by atoms with Crippen LogP contribution in [0.25, 0.3) is 0 Å². The van der Waals surface area contributed by atoms with Crippen LogP contribution in [0.2, 0.25) is 0 Å². The molecule has 0 fully saturated rings. The van der Waals surface area contributed by atoms with Gasteiger partial charge in [-0.05, 0) is 18.2 Å². The number of hydrogen-bond donors (Lipinski definition) is 2. The molecule has 0 aliphatic carbocycles. The SMILES string of the molecule is O=[N+]([O-])c1ccc(CNc2cccc(O)c2)s1. The van der Waals surface area contributed by atoms with Gasteiger partial charge in [-0.15, -0.1) is 0 Å². The van der Waals surface area contributed by atoms with Crippen LogP contribution >= 0.6 is 11.3 Å². The number of anilines is 1. The zero-order chi connectivity index (χ0) is 12.3. The number of nitrogens with zero attached hydrogens (tertiary/aromatic N) is 1. The van der Waals surface area contributed by atoms with E-state index in [1.54, 1.807) is 24.3 Å². The lowest BCUT2D eigenvalue weighted by atomic mass is 10.3. The van der Waals surface area contributed by atoms with Crippen LogP contribution in [0.5, 0.6) is 5.75 Å². The highest BCUT2D eigenvalue weighted by Crippen LogP contribution is 2.25. The second-order valence-corrected chi connectivity index (χ2v) is 4.55. The van der Waals surface area contributed by atoms with Gasteiger partial charge in [-0.3, -0.25) is 10.1 Å². The third-order valence-electron chi connectivity index (χ3n) is 2.14. The first-order chi connectivity index (χ1) is 8.15. The van der Waals surface area contributed by atoms with Gasteiger partial charge in [0.2, 0.25) is 0 Å². The lowest BCUT2D eigenvalue weighted by molar-refractivity contribution is -0.380. The predicted octanol–water partition coefficient (Wildman–Crippen LogP) is 2.97. The molecule has 5 nitrogen and oxygen atoms in total. The molecule has 0 saturated heterocycles. The van der Waals surface area contributed by atoms with E-state index in [4.69, 9.17) is 0 Å². The van der Waals surface area contributed by atoms with Gasteiger partial charge >= 0.3 is 5.00 Å². The van der Waals surface area contributed by atoms with Crippen molar-refractivity contribution >= 4 is 22.0 Å². The molecular formula is C11H10N2O3S. The Morgan fingerprint density at radius 3 is 2.82 bits per heavy atom. The Balaban J connectivity index is 2.00. The van der Waals surface area contributed by atoms with Crippen molar-refractivity contribution in [3.05, 3.63) is 51.4 Å². The molecule has 0 aliphatic heterocycles. The van der Waals surface area contributed by atoms with E-state index >= 15 is 0 Å². The molecule has 2 rings (SSSR count). The lowest BCUT2D eigenvalue weighted by Crippen LogP contribution is -1.96. The molecule has 0 bridgehead atoms. The lowest BCUT2D eigenvalue weighted by Gasteiger charge is -2.04. The van der Waals surface area contributed by atoms with Crippen molar-refractivity contribution in [2.24, 2.45) is 0 Å². The number of phenolic OH excluding ortho intramolecular Hbond substituents is 1. The van der Waals surface area contributed by atoms with Gasteiger partial charge in [0.25, 0.3) is 0 Å². The van der Waals surface area contributed by atoms with E-state index in [-0.39, 0.29) is 10.8 Å². The van der Waals surface area contributed by atoms with Crippen molar-refractivity contribution < 1.29 is 10.0 Å². The Bertz CT molecular complexity index is 539. The fraction of sp³-hybridized carbons (Fsp3) is 0.0909. The van der Waals surface area contributed by atoms with Crippen LogP contribution in [0.1, 0.15) is 4.88 Å². The molecule has 6 heteroatoms. The van der Waals surface area contributed by atoms with E-state index in [2.05, 4.69) is 5.32 Å². The number of hydrogen-bond acceptors (Lipinski definition) is 5. The van der Waals surface area contributed by atoms with Crippen LogP contribution in [-0.2, 0) is 6.54 Å². The summed E-state index contributed by atoms with van der Waals surface area (Å²) < 4.78 is 0. The second-order valence-electron chi connectivity index (χ2n) is 3.40. The molecular weight excluding hydrogens is 240 g/mol. The second kappa shape index (κ2) is 4.84. The molecule has 0 aliphatic rings. The number of rotatable bonds is 4. The molecule has 0 radical (unpaired) electrons. The highest BCUT2D eigenvalue weighted by Gasteiger charge is 2.09. The zero-order valence-electron chi connectivity index (χ0n) is 8.79. The van der Waals surface area contributed by atoms with Gasteiger partial charge in [-0.2, -0.15) is 0 Å². The van der Waals surface area contributed by atoms with Gasteiger partial charge in [0.05, 0.1) is 4.92 Å². The van der Waals surface area contributed by atoms with Gasteiger partial charge in [0.15, 0.2) is 0 Å². The minimum Gasteiger partial charge on any atom is -0.508 e. The van der Waals surface area contributed by atoms with E-state index < -0.39 is 4.92 Å². The van der Waals surface area contributed by atoms with Crippen LogP contribution < -0.4 is 5.32 Å². The van der Waals surface area contributed by atoms with Crippen molar-refractivity contribution in [3.8, 4) is 5.75 Å². The molecule has 1 aromatic heterocycles. The van der Waals surface area contributed by atoms with Crippen molar-refractivity contribution in [2.75, 3.05) is 5.32 Å². The van der Waals surface area contributed by atoms with Gasteiger partial charge in [-0.25, -0.2) is 0 Å². The predicted molar refractivity (Wildman–Crippen MR) is 66.4 cm³/mol. The number of aromatic hydroxyl groups is 1. The Morgan fingerprint density at radius 1 is 1.35 bits per heavy atom. The molecule has 0 unspecified atom stereocenters. The number of benzene rings is 1. The Morgan fingerprint density at radius 2 is 2.18 bits per heavy atom. The maximum atomic E-state index is 10.5. The standard InChI is InChI=1S/C11H10N2O3S/c14-9-3-1-2-8(6-9)12-7-10-4-5-11(17-10)13(15)16/h1-6,12,14H,7H2. The van der Waals surface area contributed by atoms with Crippen molar-refractivity contribution in [1.29, 1.82) is 0 Å². The topological polar surface area (TPSA) is 75.4 Å². The Hall–Kier alpha value is -2.08. The first-order valence-electron chi connectivity index (χ1n) is 4.91. The smallest absolute Gasteiger partial charge is 0.324 e. The molecule has 0 saturated carbocycles. The fourth-order valence-electron chi connectivity index (χ4n) is 1.36. The zero-order valence-corrected chi connectivity index (χ0v) is 9.61. The summed E-state index contributed by atoms with van der Waals surface area (Å²) in [5.74, 6) is 0.187. The van der Waals surface area contributed by atoms with E-state index in [1.807, 2.05) is 6.07 Å². The minimum atomic E-state index is -0.400. The van der Waals surface area contributed by atoms with E-state index in [0.29, 0.717) is 6.54 Å². The summed E-state index contributed by atoms with van der Waals surface area (Å²) in [6, 6.07) is 9.95. The van der Waals surface area contributed by atoms with E-state index in [9.17, 15) is 15.2 Å². The van der Waals surface area contributed by atoms with Gasteiger partial charge in [-0.1, -0.05) is 17.4 Å². The number of thiophene rings is 1. The van der Waals surface area contributed by atoms with Crippen LogP contribution in [0.15, 0.2) is 36.4 Å². The molecule has 17 heavy (non-hydrogen) atoms. The summed E-state index contributed by atoms with van der Waals surface area (Å²) in [4.78, 5) is 11.0. The number of phenols is 1. The normalized spacial score (nSPS) is 10.1. The van der Waals surface area contributed by atoms with E-state index in [0.717, 1.165) is 21.9 Å². The Labute approximate surface area is 101 Å². The van der Waals surface area contributed by atoms with Crippen molar-refractivity contribution in [2.45, 2.75) is 6.54 Å². The monoisotopic (exact) mass is 250 g/mol. The molecule has 88 valence electrons. The first-order valence-corrected chi connectivity index (χ1v) is 5.73. The summed E-state index contributed by atoms with van der Waals surface area (Å²) in [6.45, 7) is 0.502. The van der Waals surface area contributed by atoms with Gasteiger partial charge in [0.1, 0.15) is 5.75 Å². The summed E-state index contributed by atoms with van der Waals surface area (Å²) in [5, 5.41) is 23.0. The average molecular weight is 250 g/mol. The summed E-state index contributed by atoms with van der Waals surface area (Å²) >= 11 is 1.14. The van der Waals surface area contributed by atoms with E-state index in [1.165, 1.54) is 6.07 Å². The third-order valence-corrected chi connectivity index (χ3v) is 3.18. The first kappa shape index (κ1) is 11.4. The van der Waals surface area contributed by atoms with Crippen LogP contribution in [-0.4, -0.2) is 10.0 Å². The molecule has 0 amide bonds. The van der Waals surface area contributed by atoms with Gasteiger partial charge < -0.3 is 10.4 Å². The molecule has 2 aromatic rings. The molecule has 0 spiro atoms. The van der Waals surface area contributed by atoms with Crippen LogP contribution in [0.4, 0.5) is 10.7 Å². The maximum Gasteiger partial charge on any atom is 0.324 e. The van der Waals surface area contributed by atoms with Crippen molar-refractivity contribution in [3.63, 3.8) is 0 Å². The van der Waals surface area contributed by atoms with Gasteiger partial charge in [0, 0.05) is 29.2 Å². The minimum absolute atomic E-state index is 0.137. The maximum absolute atomic E-state index is 10.5. The highest BCUT2D eigenvalue weighted by atomic mass is 32.1. The fourth-order valence-corrected chi connectivity index (χ4v) is 2.12. The molecule has 0 atom stereocenters. The summed E-state index contributed by atoms with van der Waals surface area (Å²) in [5.41, 5.74) is 0.779. The third kappa shape index (κ3) is 2.94.